The molecule has 17 heavy (non-hydrogen) atoms. The van der Waals surface area contributed by atoms with E-state index in [1.807, 2.05) is 0 Å². The second kappa shape index (κ2) is 4.28. The maximum atomic E-state index is 11.9. The highest BCUT2D eigenvalue weighted by Crippen LogP contribution is 2.29. The van der Waals surface area contributed by atoms with Crippen LogP contribution in [0.3, 0.4) is 0 Å². The summed E-state index contributed by atoms with van der Waals surface area (Å²) in [5, 5.41) is 20.8. The molecule has 0 saturated carbocycles. The van der Waals surface area contributed by atoms with Gasteiger partial charge in [0.1, 0.15) is 5.75 Å². The van der Waals surface area contributed by atoms with Crippen molar-refractivity contribution in [2.75, 3.05) is 5.32 Å². The van der Waals surface area contributed by atoms with Gasteiger partial charge in [0.25, 0.3) is 5.69 Å². The van der Waals surface area contributed by atoms with E-state index in [2.05, 4.69) is 0 Å². The monoisotopic (exact) mass is 250 g/mol. The van der Waals surface area contributed by atoms with Crippen LogP contribution in [0.4, 0.5) is 24.5 Å². The number of nitro groups is 1. The molecule has 0 heterocycles. The molecule has 0 radical (unpaired) electrons. The molecule has 0 unspecified atom stereocenters. The van der Waals surface area contributed by atoms with Crippen molar-refractivity contribution in [3.63, 3.8) is 0 Å². The molecule has 2 N–H and O–H groups in total. The van der Waals surface area contributed by atoms with Crippen molar-refractivity contribution in [2.24, 2.45) is 0 Å². The van der Waals surface area contributed by atoms with Crippen LogP contribution in [0.15, 0.2) is 18.2 Å². The average Bonchev–Trinajstić information content (AvgIpc) is 2.19. The van der Waals surface area contributed by atoms with Gasteiger partial charge in [-0.1, -0.05) is 0 Å². The summed E-state index contributed by atoms with van der Waals surface area (Å²) in [6, 6.07) is 2.29. The van der Waals surface area contributed by atoms with Crippen molar-refractivity contribution in [3.8, 4) is 5.75 Å². The third-order valence-corrected chi connectivity index (χ3v) is 1.70. The van der Waals surface area contributed by atoms with Gasteiger partial charge in [-0.15, -0.1) is 0 Å². The van der Waals surface area contributed by atoms with Crippen molar-refractivity contribution in [1.29, 1.82) is 0 Å². The number of hydrogen-bond acceptors (Lipinski definition) is 4. The molecule has 0 bridgehead atoms. The Morgan fingerprint density at radius 2 is 2.00 bits per heavy atom. The van der Waals surface area contributed by atoms with Crippen LogP contribution in [0.25, 0.3) is 0 Å². The molecule has 0 aliphatic heterocycles. The zero-order chi connectivity index (χ0) is 13.2. The molecule has 1 rings (SSSR count). The Morgan fingerprint density at radius 3 is 2.41 bits per heavy atom. The molecule has 0 saturated heterocycles. The third-order valence-electron chi connectivity index (χ3n) is 1.70. The van der Waals surface area contributed by atoms with Crippen LogP contribution in [0, 0.1) is 10.1 Å². The molecular formula is C8H5F3N2O4. The van der Waals surface area contributed by atoms with E-state index >= 15 is 0 Å². The number of benzene rings is 1. The van der Waals surface area contributed by atoms with Crippen molar-refractivity contribution in [1.82, 2.24) is 0 Å². The number of alkyl halides is 3. The molecule has 0 aromatic heterocycles. The summed E-state index contributed by atoms with van der Waals surface area (Å²) in [5.41, 5.74) is -1.06. The topological polar surface area (TPSA) is 92.5 Å². The fourth-order valence-electron chi connectivity index (χ4n) is 0.932. The van der Waals surface area contributed by atoms with Crippen molar-refractivity contribution >= 4 is 17.3 Å². The number of nitrogens with zero attached hydrogens (tertiary/aromatic N) is 1. The molecule has 0 fully saturated rings. The van der Waals surface area contributed by atoms with Gasteiger partial charge in [-0.25, -0.2) is 0 Å². The number of nitrogens with one attached hydrogen (secondary N) is 1. The molecular weight excluding hydrogens is 245 g/mol. The first-order chi connectivity index (χ1) is 7.71. The van der Waals surface area contributed by atoms with E-state index < -0.39 is 34.1 Å². The average molecular weight is 250 g/mol. The van der Waals surface area contributed by atoms with E-state index in [0.717, 1.165) is 12.1 Å². The molecule has 1 amide bonds. The van der Waals surface area contributed by atoms with Gasteiger partial charge >= 0.3 is 12.1 Å². The first-order valence-electron chi connectivity index (χ1n) is 4.07. The van der Waals surface area contributed by atoms with Gasteiger partial charge in [0.05, 0.1) is 16.7 Å². The molecule has 0 spiro atoms. The Morgan fingerprint density at radius 1 is 1.41 bits per heavy atom. The highest BCUT2D eigenvalue weighted by atomic mass is 19.4. The molecule has 0 atom stereocenters. The number of amides is 1. The number of aromatic hydroxyl groups is 1. The zero-order valence-corrected chi connectivity index (χ0v) is 7.99. The van der Waals surface area contributed by atoms with Crippen molar-refractivity contribution in [3.05, 3.63) is 28.3 Å². The normalized spacial score (nSPS) is 11.0. The highest BCUT2D eigenvalue weighted by Gasteiger charge is 2.39. The third kappa shape index (κ3) is 3.06. The number of carbonyl (C=O) groups excluding carboxylic acids is 1. The number of anilines is 1. The quantitative estimate of drug-likeness (QED) is 0.475. The predicted octanol–water partition coefficient (Wildman–Crippen LogP) is 1.80. The second-order valence-electron chi connectivity index (χ2n) is 2.91. The molecule has 1 aromatic rings. The first kappa shape index (κ1) is 12.7. The van der Waals surface area contributed by atoms with Gasteiger partial charge in [0, 0.05) is 6.07 Å². The van der Waals surface area contributed by atoms with Gasteiger partial charge in [0.2, 0.25) is 0 Å². The lowest BCUT2D eigenvalue weighted by Crippen LogP contribution is -2.29. The van der Waals surface area contributed by atoms with Crippen LogP contribution >= 0.6 is 0 Å². The maximum Gasteiger partial charge on any atom is 0.471 e. The lowest BCUT2D eigenvalue weighted by Gasteiger charge is -2.08. The van der Waals surface area contributed by atoms with E-state index in [1.165, 1.54) is 5.32 Å². The van der Waals surface area contributed by atoms with E-state index in [9.17, 15) is 28.1 Å². The van der Waals surface area contributed by atoms with Crippen LogP contribution in [0.5, 0.6) is 5.75 Å². The highest BCUT2D eigenvalue weighted by molar-refractivity contribution is 5.96. The lowest BCUT2D eigenvalue weighted by atomic mass is 10.2. The number of nitro benzene ring substituents is 1. The fraction of sp³-hybridized carbons (Fsp3) is 0.125. The molecule has 9 heteroatoms. The van der Waals surface area contributed by atoms with Crippen LogP contribution in [0.2, 0.25) is 0 Å². The van der Waals surface area contributed by atoms with Crippen LogP contribution in [0.1, 0.15) is 0 Å². The molecule has 92 valence electrons. The van der Waals surface area contributed by atoms with Gasteiger partial charge in [-0.05, 0) is 6.07 Å². The van der Waals surface area contributed by atoms with E-state index in [1.54, 1.807) is 0 Å². The second-order valence-corrected chi connectivity index (χ2v) is 2.91. The molecule has 0 aliphatic carbocycles. The molecule has 6 nitrogen and oxygen atoms in total. The van der Waals surface area contributed by atoms with Crippen LogP contribution in [-0.2, 0) is 4.79 Å². The smallest absolute Gasteiger partial charge is 0.471 e. The zero-order valence-electron chi connectivity index (χ0n) is 7.99. The lowest BCUT2D eigenvalue weighted by molar-refractivity contribution is -0.384. The summed E-state index contributed by atoms with van der Waals surface area (Å²) in [4.78, 5) is 20.0. The Balaban J connectivity index is 2.95. The van der Waals surface area contributed by atoms with Gasteiger partial charge in [0.15, 0.2) is 0 Å². The van der Waals surface area contributed by atoms with E-state index in [4.69, 9.17) is 5.11 Å². The Labute approximate surface area is 91.8 Å². The molecule has 0 aliphatic rings. The number of halogens is 3. The molecule has 1 aromatic carbocycles. The first-order valence-corrected chi connectivity index (χ1v) is 4.07. The summed E-state index contributed by atoms with van der Waals surface area (Å²) >= 11 is 0. The van der Waals surface area contributed by atoms with Crippen LogP contribution in [-0.4, -0.2) is 22.1 Å². The summed E-state index contributed by atoms with van der Waals surface area (Å²) in [6.45, 7) is 0. The van der Waals surface area contributed by atoms with Gasteiger partial charge < -0.3 is 10.4 Å². The number of phenols is 1. The summed E-state index contributed by atoms with van der Waals surface area (Å²) in [6.07, 6.45) is -5.10. The van der Waals surface area contributed by atoms with Crippen LogP contribution < -0.4 is 5.32 Å². The van der Waals surface area contributed by atoms with Gasteiger partial charge in [-0.2, -0.15) is 13.2 Å². The standard InChI is InChI=1S/C8H5F3N2O4/c9-8(10,11)7(15)12-5-2-1-4(13(16)17)3-6(5)14/h1-3,14H,(H,12,15). The van der Waals surface area contributed by atoms with E-state index in [-0.39, 0.29) is 0 Å². The van der Waals surface area contributed by atoms with Crippen molar-refractivity contribution < 1.29 is 28.0 Å². The maximum absolute atomic E-state index is 11.9. The number of carbonyl (C=O) groups is 1. The predicted molar refractivity (Wildman–Crippen MR) is 49.4 cm³/mol. The largest absolute Gasteiger partial charge is 0.506 e. The summed E-state index contributed by atoms with van der Waals surface area (Å²) in [7, 11) is 0. The van der Waals surface area contributed by atoms with Gasteiger partial charge in [-0.3, -0.25) is 14.9 Å². The SMILES string of the molecule is O=C(Nc1ccc([N+](=O)[O-])cc1O)C(F)(F)F. The number of rotatable bonds is 2. The minimum Gasteiger partial charge on any atom is -0.506 e. The Hall–Kier alpha value is -2.32. The Kier molecular flexibility index (Phi) is 3.21. The number of non-ortho nitro benzene ring substituents is 1. The van der Waals surface area contributed by atoms with E-state index in [0.29, 0.717) is 6.07 Å². The number of hydrogen-bond donors (Lipinski definition) is 2. The summed E-state index contributed by atoms with van der Waals surface area (Å²) < 4.78 is 35.6. The Bertz CT molecular complexity index is 472. The minimum absolute atomic E-state index is 0.507. The van der Waals surface area contributed by atoms with Crippen molar-refractivity contribution in [2.45, 2.75) is 6.18 Å². The fourth-order valence-corrected chi connectivity index (χ4v) is 0.932. The minimum atomic E-state index is -5.10. The summed E-state index contributed by atoms with van der Waals surface area (Å²) in [5.74, 6) is -3.10. The number of phenolic OH excluding ortho intramolecular Hbond substituents is 1.